The van der Waals surface area contributed by atoms with Crippen LogP contribution in [0, 0.1) is 0 Å². The van der Waals surface area contributed by atoms with E-state index in [1.54, 1.807) is 0 Å². The summed E-state index contributed by atoms with van der Waals surface area (Å²) in [5, 5.41) is 29.2. The van der Waals surface area contributed by atoms with Crippen molar-refractivity contribution in [3.8, 4) is 0 Å². The molecule has 0 aromatic heterocycles. The van der Waals surface area contributed by atoms with Gasteiger partial charge in [0.15, 0.2) is 11.2 Å². The van der Waals surface area contributed by atoms with Crippen LogP contribution < -0.4 is 0 Å². The van der Waals surface area contributed by atoms with Gasteiger partial charge in [-0.05, 0) is 18.6 Å². The first-order valence-corrected chi connectivity index (χ1v) is 10.3. The molecular formula is C19H36O5S. The van der Waals surface area contributed by atoms with Crippen molar-refractivity contribution in [3.05, 3.63) is 0 Å². The lowest BCUT2D eigenvalue weighted by Crippen LogP contribution is -2.42. The third kappa shape index (κ3) is 9.29. The fourth-order valence-electron chi connectivity index (χ4n) is 3.15. The molecule has 0 radical (unpaired) electrons. The highest BCUT2D eigenvalue weighted by atomic mass is 32.1. The first-order chi connectivity index (χ1) is 12.1. The third-order valence-corrected chi connectivity index (χ3v) is 5.05. The number of hydrogen-bond donors (Lipinski definition) is 3. The summed E-state index contributed by atoms with van der Waals surface area (Å²) in [6, 6.07) is 0. The standard InChI is InChI=1S/C19H36O5S/c1-2-3-4-5-6-7-8-9-10-11-12-17(25)24-16(13-20)19-18(22)15(21)14-23-19/h15-16,18-22H,2-14H2,1H3/t15-,16+,18-,19-/m1/s1. The number of unbranched alkanes of at least 4 members (excludes halogenated alkanes) is 9. The average molecular weight is 377 g/mol. The minimum Gasteiger partial charge on any atom is -0.479 e. The molecule has 0 unspecified atom stereocenters. The number of ether oxygens (including phenoxy) is 2. The van der Waals surface area contributed by atoms with Crippen LogP contribution in [0.15, 0.2) is 0 Å². The van der Waals surface area contributed by atoms with Crippen LogP contribution in [0.2, 0.25) is 0 Å². The van der Waals surface area contributed by atoms with Gasteiger partial charge in [0, 0.05) is 6.42 Å². The lowest BCUT2D eigenvalue weighted by Gasteiger charge is -2.25. The van der Waals surface area contributed by atoms with Gasteiger partial charge < -0.3 is 24.8 Å². The second-order valence-electron chi connectivity index (χ2n) is 7.00. The normalized spacial score (nSPS) is 24.4. The fraction of sp³-hybridized carbons (Fsp3) is 0.947. The Balaban J connectivity index is 2.04. The zero-order valence-corrected chi connectivity index (χ0v) is 16.4. The van der Waals surface area contributed by atoms with Gasteiger partial charge >= 0.3 is 0 Å². The van der Waals surface area contributed by atoms with Gasteiger partial charge in [0.05, 0.1) is 13.2 Å². The van der Waals surface area contributed by atoms with E-state index in [1.165, 1.54) is 51.4 Å². The first-order valence-electron chi connectivity index (χ1n) is 9.88. The van der Waals surface area contributed by atoms with Crippen molar-refractivity contribution in [1.29, 1.82) is 0 Å². The van der Waals surface area contributed by atoms with E-state index in [0.717, 1.165) is 12.8 Å². The van der Waals surface area contributed by atoms with Gasteiger partial charge in [-0.2, -0.15) is 0 Å². The Morgan fingerprint density at radius 1 is 1.04 bits per heavy atom. The highest BCUT2D eigenvalue weighted by Gasteiger charge is 2.41. The van der Waals surface area contributed by atoms with Crippen LogP contribution in [0.4, 0.5) is 0 Å². The molecule has 1 fully saturated rings. The maximum atomic E-state index is 9.83. The highest BCUT2D eigenvalue weighted by molar-refractivity contribution is 7.80. The molecule has 0 spiro atoms. The Morgan fingerprint density at radius 3 is 2.08 bits per heavy atom. The molecular weight excluding hydrogens is 340 g/mol. The van der Waals surface area contributed by atoms with Crippen LogP contribution in [-0.2, 0) is 9.47 Å². The molecule has 0 saturated carbocycles. The lowest BCUT2D eigenvalue weighted by molar-refractivity contribution is -0.0621. The minimum atomic E-state index is -1.04. The van der Waals surface area contributed by atoms with E-state index in [2.05, 4.69) is 6.92 Å². The second-order valence-corrected chi connectivity index (χ2v) is 7.45. The van der Waals surface area contributed by atoms with E-state index in [0.29, 0.717) is 11.5 Å². The molecule has 1 rings (SSSR count). The molecule has 0 amide bonds. The highest BCUT2D eigenvalue weighted by Crippen LogP contribution is 2.20. The fourth-order valence-corrected chi connectivity index (χ4v) is 3.41. The molecule has 1 heterocycles. The van der Waals surface area contributed by atoms with E-state index < -0.39 is 24.4 Å². The van der Waals surface area contributed by atoms with E-state index >= 15 is 0 Å². The quantitative estimate of drug-likeness (QED) is 0.319. The Labute approximate surface area is 157 Å². The van der Waals surface area contributed by atoms with Crippen molar-refractivity contribution in [1.82, 2.24) is 0 Å². The smallest absolute Gasteiger partial charge is 0.160 e. The molecule has 0 bridgehead atoms. The first kappa shape index (κ1) is 22.8. The monoisotopic (exact) mass is 376 g/mol. The van der Waals surface area contributed by atoms with Crippen molar-refractivity contribution >= 4 is 17.3 Å². The van der Waals surface area contributed by atoms with Crippen LogP contribution >= 0.6 is 12.2 Å². The summed E-state index contributed by atoms with van der Waals surface area (Å²) in [5.74, 6) is 0. The van der Waals surface area contributed by atoms with Gasteiger partial charge in [-0.3, -0.25) is 0 Å². The number of hydrogen-bond acceptors (Lipinski definition) is 6. The molecule has 1 aliphatic rings. The largest absolute Gasteiger partial charge is 0.479 e. The number of aliphatic hydroxyl groups excluding tert-OH is 3. The van der Waals surface area contributed by atoms with Gasteiger partial charge in [-0.1, -0.05) is 64.7 Å². The van der Waals surface area contributed by atoms with Gasteiger partial charge in [-0.25, -0.2) is 0 Å². The Kier molecular flexibility index (Phi) is 12.6. The summed E-state index contributed by atoms with van der Waals surface area (Å²) < 4.78 is 10.9. The minimum absolute atomic E-state index is 0.0525. The van der Waals surface area contributed by atoms with E-state index in [4.69, 9.17) is 21.7 Å². The summed E-state index contributed by atoms with van der Waals surface area (Å²) in [6.07, 6.45) is 9.88. The van der Waals surface area contributed by atoms with Crippen LogP contribution in [0.3, 0.4) is 0 Å². The Hall–Kier alpha value is -0.270. The summed E-state index contributed by atoms with van der Waals surface area (Å²) in [6.45, 7) is 1.99. The molecule has 0 aromatic rings. The molecule has 25 heavy (non-hydrogen) atoms. The van der Waals surface area contributed by atoms with Crippen molar-refractivity contribution in [2.45, 2.75) is 102 Å². The van der Waals surface area contributed by atoms with Crippen molar-refractivity contribution in [2.24, 2.45) is 0 Å². The van der Waals surface area contributed by atoms with E-state index in [1.807, 2.05) is 0 Å². The summed E-state index contributed by atoms with van der Waals surface area (Å²) >= 11 is 5.23. The summed E-state index contributed by atoms with van der Waals surface area (Å²) in [5.41, 5.74) is 0. The van der Waals surface area contributed by atoms with E-state index in [9.17, 15) is 15.3 Å². The average Bonchev–Trinajstić information content (AvgIpc) is 2.93. The molecule has 1 saturated heterocycles. The molecule has 3 N–H and O–H groups in total. The van der Waals surface area contributed by atoms with Crippen LogP contribution in [-0.4, -0.2) is 58.0 Å². The number of aliphatic hydroxyl groups is 3. The van der Waals surface area contributed by atoms with Gasteiger partial charge in [-0.15, -0.1) is 0 Å². The zero-order valence-electron chi connectivity index (χ0n) is 15.6. The maximum Gasteiger partial charge on any atom is 0.160 e. The summed E-state index contributed by atoms with van der Waals surface area (Å²) in [4.78, 5) is 0. The molecule has 6 heteroatoms. The van der Waals surface area contributed by atoms with Gasteiger partial charge in [0.2, 0.25) is 0 Å². The SMILES string of the molecule is CCCCCCCCCCCCC(=S)O[C@@H](CO)[C@H]1OC[C@@H](O)[C@H]1O. The number of thiocarbonyl (C=S) groups is 1. The maximum absolute atomic E-state index is 9.83. The van der Waals surface area contributed by atoms with E-state index in [-0.39, 0.29) is 13.2 Å². The zero-order chi connectivity index (χ0) is 18.5. The van der Waals surface area contributed by atoms with Crippen LogP contribution in [0.5, 0.6) is 0 Å². The predicted octanol–water partition coefficient (Wildman–Crippen LogP) is 3.12. The van der Waals surface area contributed by atoms with Crippen molar-refractivity contribution in [3.63, 3.8) is 0 Å². The Morgan fingerprint density at radius 2 is 1.60 bits per heavy atom. The lowest BCUT2D eigenvalue weighted by atomic mass is 10.1. The molecule has 0 aromatic carbocycles. The van der Waals surface area contributed by atoms with Crippen LogP contribution in [0.25, 0.3) is 0 Å². The van der Waals surface area contributed by atoms with Gasteiger partial charge in [0.1, 0.15) is 18.3 Å². The van der Waals surface area contributed by atoms with Crippen molar-refractivity contribution in [2.75, 3.05) is 13.2 Å². The van der Waals surface area contributed by atoms with Gasteiger partial charge in [0.25, 0.3) is 0 Å². The number of rotatable bonds is 14. The molecule has 1 aliphatic heterocycles. The summed E-state index contributed by atoms with van der Waals surface area (Å²) in [7, 11) is 0. The third-order valence-electron chi connectivity index (χ3n) is 4.75. The topological polar surface area (TPSA) is 79.2 Å². The molecule has 5 nitrogen and oxygen atoms in total. The molecule has 148 valence electrons. The predicted molar refractivity (Wildman–Crippen MR) is 103 cm³/mol. The van der Waals surface area contributed by atoms with Crippen molar-refractivity contribution < 1.29 is 24.8 Å². The molecule has 0 aliphatic carbocycles. The second kappa shape index (κ2) is 13.9. The Bertz CT molecular complexity index is 353. The van der Waals surface area contributed by atoms with Crippen LogP contribution in [0.1, 0.15) is 77.6 Å². The molecule has 4 atom stereocenters.